The van der Waals surface area contributed by atoms with Crippen molar-refractivity contribution < 1.29 is 18.0 Å². The molecule has 2 aromatic heterocycles. The largest absolute Gasteiger partial charge is 0.405 e. The summed E-state index contributed by atoms with van der Waals surface area (Å²) in [5, 5.41) is 15.2. The number of pyridine rings is 1. The number of hydrogen-bond donors (Lipinski definition) is 3. The molecule has 0 bridgehead atoms. The van der Waals surface area contributed by atoms with Gasteiger partial charge in [0.05, 0.1) is 11.3 Å². The molecule has 1 aliphatic rings. The summed E-state index contributed by atoms with van der Waals surface area (Å²) in [7, 11) is 0. The van der Waals surface area contributed by atoms with Gasteiger partial charge in [-0.05, 0) is 12.0 Å². The number of anilines is 1. The molecule has 1 fully saturated rings. The first-order valence-electron chi connectivity index (χ1n) is 8.00. The molecule has 7 nitrogen and oxygen atoms in total. The van der Waals surface area contributed by atoms with Gasteiger partial charge in [-0.2, -0.15) is 18.4 Å². The Morgan fingerprint density at radius 1 is 1.50 bits per heavy atom. The number of rotatable bonds is 3. The number of aromatic amines is 1. The van der Waals surface area contributed by atoms with Crippen LogP contribution in [0.1, 0.15) is 12.5 Å². The van der Waals surface area contributed by atoms with Crippen LogP contribution in [0.4, 0.5) is 23.7 Å². The van der Waals surface area contributed by atoms with Crippen molar-refractivity contribution >= 4 is 22.8 Å². The van der Waals surface area contributed by atoms with Gasteiger partial charge in [0.15, 0.2) is 0 Å². The van der Waals surface area contributed by atoms with Crippen molar-refractivity contribution in [3.05, 3.63) is 24.0 Å². The van der Waals surface area contributed by atoms with Gasteiger partial charge in [-0.3, -0.25) is 0 Å². The standard InChI is InChI=1S/C16H17F3N6O/c1-9-6-25(15(26)23-8-16(17,18)19)7-12(9)24-13-10(4-20)5-22-14-11(13)2-3-21-14/h2-3,5,9,12H,6-8H2,1H3,(H,23,26)(H2,21,22,24)/t9-,12+/m0/s1. The van der Waals surface area contributed by atoms with Crippen molar-refractivity contribution in [1.82, 2.24) is 20.2 Å². The number of carbonyl (C=O) groups is 1. The number of likely N-dealkylation sites (tertiary alicyclic amines) is 1. The number of aromatic nitrogens is 2. The minimum absolute atomic E-state index is 0.000312. The summed E-state index contributed by atoms with van der Waals surface area (Å²) in [6.45, 7) is 1.10. The van der Waals surface area contributed by atoms with Crippen LogP contribution >= 0.6 is 0 Å². The van der Waals surface area contributed by atoms with Crippen molar-refractivity contribution in [2.45, 2.75) is 19.1 Å². The van der Waals surface area contributed by atoms with E-state index in [1.54, 1.807) is 12.3 Å². The number of hydrogen-bond acceptors (Lipinski definition) is 4. The maximum atomic E-state index is 12.3. The molecule has 1 saturated heterocycles. The molecular weight excluding hydrogens is 349 g/mol. The Hall–Kier alpha value is -2.96. The Morgan fingerprint density at radius 2 is 2.27 bits per heavy atom. The molecule has 2 atom stereocenters. The van der Waals surface area contributed by atoms with Gasteiger partial charge >= 0.3 is 12.2 Å². The first-order chi connectivity index (χ1) is 12.3. The van der Waals surface area contributed by atoms with Gasteiger partial charge in [0.2, 0.25) is 0 Å². The van der Waals surface area contributed by atoms with Crippen LogP contribution in [0.15, 0.2) is 18.5 Å². The van der Waals surface area contributed by atoms with Gasteiger partial charge in [0.1, 0.15) is 18.3 Å². The van der Waals surface area contributed by atoms with Gasteiger partial charge in [0.25, 0.3) is 0 Å². The molecule has 0 spiro atoms. The molecule has 26 heavy (non-hydrogen) atoms. The number of fused-ring (bicyclic) bond motifs is 1. The van der Waals surface area contributed by atoms with Crippen LogP contribution in [-0.4, -0.2) is 52.8 Å². The molecule has 1 aliphatic heterocycles. The number of urea groups is 1. The maximum absolute atomic E-state index is 12.3. The molecule has 0 radical (unpaired) electrons. The van der Waals surface area contributed by atoms with E-state index >= 15 is 0 Å². The number of alkyl halides is 3. The highest BCUT2D eigenvalue weighted by Gasteiger charge is 2.35. The minimum Gasteiger partial charge on any atom is -0.378 e. The number of carbonyl (C=O) groups excluding carboxylic acids is 1. The third-order valence-corrected chi connectivity index (χ3v) is 4.38. The third kappa shape index (κ3) is 3.66. The van der Waals surface area contributed by atoms with Gasteiger partial charge in [-0.1, -0.05) is 6.92 Å². The van der Waals surface area contributed by atoms with Gasteiger partial charge < -0.3 is 20.5 Å². The summed E-state index contributed by atoms with van der Waals surface area (Å²) in [4.78, 5) is 20.4. The average Bonchev–Trinajstić information content (AvgIpc) is 3.19. The minimum atomic E-state index is -4.45. The molecule has 3 heterocycles. The van der Waals surface area contributed by atoms with Crippen LogP contribution in [0.3, 0.4) is 0 Å². The number of amides is 2. The quantitative estimate of drug-likeness (QED) is 0.777. The fourth-order valence-corrected chi connectivity index (χ4v) is 3.04. The fraction of sp³-hybridized carbons (Fsp3) is 0.438. The molecule has 3 N–H and O–H groups in total. The fourth-order valence-electron chi connectivity index (χ4n) is 3.04. The molecule has 10 heteroatoms. The molecule has 138 valence electrons. The normalized spacial score (nSPS) is 20.2. The number of nitrogens with zero attached hydrogens (tertiary/aromatic N) is 3. The van der Waals surface area contributed by atoms with E-state index in [2.05, 4.69) is 21.4 Å². The lowest BCUT2D eigenvalue weighted by atomic mass is 10.1. The number of nitrogens with one attached hydrogen (secondary N) is 3. The molecule has 0 saturated carbocycles. The topological polar surface area (TPSA) is 96.8 Å². The van der Waals surface area contributed by atoms with Crippen molar-refractivity contribution in [3.8, 4) is 6.07 Å². The number of nitriles is 1. The van der Waals surface area contributed by atoms with Crippen LogP contribution in [0, 0.1) is 17.2 Å². The number of H-pyrrole nitrogens is 1. The Morgan fingerprint density at radius 3 is 2.96 bits per heavy atom. The van der Waals surface area contributed by atoms with Crippen LogP contribution in [0.2, 0.25) is 0 Å². The summed E-state index contributed by atoms with van der Waals surface area (Å²) in [5.74, 6) is 0.000312. The third-order valence-electron chi connectivity index (χ3n) is 4.38. The first-order valence-corrected chi connectivity index (χ1v) is 8.00. The average molecular weight is 366 g/mol. The molecule has 3 rings (SSSR count). The highest BCUT2D eigenvalue weighted by molar-refractivity contribution is 5.92. The summed E-state index contributed by atoms with van der Waals surface area (Å²) >= 11 is 0. The molecule has 2 amide bonds. The lowest BCUT2D eigenvalue weighted by molar-refractivity contribution is -0.123. The van der Waals surface area contributed by atoms with Crippen molar-refractivity contribution in [3.63, 3.8) is 0 Å². The van der Waals surface area contributed by atoms with Crippen LogP contribution < -0.4 is 10.6 Å². The zero-order chi connectivity index (χ0) is 18.9. The Labute approximate surface area is 147 Å². The molecule has 0 aliphatic carbocycles. The molecule has 0 unspecified atom stereocenters. The predicted octanol–water partition coefficient (Wildman–Crippen LogP) is 2.44. The van der Waals surface area contributed by atoms with E-state index in [1.807, 2.05) is 12.2 Å². The lowest BCUT2D eigenvalue weighted by Crippen LogP contribution is -2.43. The first kappa shape index (κ1) is 17.8. The zero-order valence-corrected chi connectivity index (χ0v) is 13.9. The van der Waals surface area contributed by atoms with Crippen molar-refractivity contribution in [1.29, 1.82) is 5.26 Å². The van der Waals surface area contributed by atoms with Gasteiger partial charge in [0, 0.05) is 36.9 Å². The van der Waals surface area contributed by atoms with E-state index < -0.39 is 18.8 Å². The van der Waals surface area contributed by atoms with Crippen LogP contribution in [-0.2, 0) is 0 Å². The summed E-state index contributed by atoms with van der Waals surface area (Å²) in [6, 6.07) is 2.93. The molecule has 0 aromatic carbocycles. The second-order valence-electron chi connectivity index (χ2n) is 6.31. The Bertz CT molecular complexity index is 856. The maximum Gasteiger partial charge on any atom is 0.405 e. The van der Waals surface area contributed by atoms with E-state index in [9.17, 15) is 23.2 Å². The Balaban J connectivity index is 1.73. The zero-order valence-electron chi connectivity index (χ0n) is 13.9. The van der Waals surface area contributed by atoms with E-state index in [4.69, 9.17) is 0 Å². The smallest absolute Gasteiger partial charge is 0.378 e. The summed E-state index contributed by atoms with van der Waals surface area (Å²) in [6.07, 6.45) is -1.29. The number of halogens is 3. The summed E-state index contributed by atoms with van der Waals surface area (Å²) < 4.78 is 36.8. The van der Waals surface area contributed by atoms with E-state index in [1.165, 1.54) is 11.1 Å². The summed E-state index contributed by atoms with van der Waals surface area (Å²) in [5.41, 5.74) is 1.59. The second-order valence-corrected chi connectivity index (χ2v) is 6.31. The van der Waals surface area contributed by atoms with Gasteiger partial charge in [-0.25, -0.2) is 9.78 Å². The highest BCUT2D eigenvalue weighted by atomic mass is 19.4. The SMILES string of the molecule is C[C@H]1CN(C(=O)NCC(F)(F)F)C[C@H]1Nc1c(C#N)cnc2[nH]ccc12. The Kier molecular flexibility index (Phi) is 4.63. The predicted molar refractivity (Wildman–Crippen MR) is 88.4 cm³/mol. The lowest BCUT2D eigenvalue weighted by Gasteiger charge is -2.20. The molecular formula is C16H17F3N6O. The van der Waals surface area contributed by atoms with Crippen LogP contribution in [0.5, 0.6) is 0 Å². The van der Waals surface area contributed by atoms with E-state index in [-0.39, 0.29) is 18.5 Å². The monoisotopic (exact) mass is 366 g/mol. The molecule has 2 aromatic rings. The van der Waals surface area contributed by atoms with E-state index in [0.29, 0.717) is 23.4 Å². The van der Waals surface area contributed by atoms with Crippen molar-refractivity contribution in [2.24, 2.45) is 5.92 Å². The highest BCUT2D eigenvalue weighted by Crippen LogP contribution is 2.29. The second kappa shape index (κ2) is 6.74. The van der Waals surface area contributed by atoms with E-state index in [0.717, 1.165) is 5.39 Å². The van der Waals surface area contributed by atoms with Crippen molar-refractivity contribution in [2.75, 3.05) is 25.0 Å². The van der Waals surface area contributed by atoms with Crippen LogP contribution in [0.25, 0.3) is 11.0 Å². The van der Waals surface area contributed by atoms with Gasteiger partial charge in [-0.15, -0.1) is 0 Å².